The van der Waals surface area contributed by atoms with Crippen LogP contribution in [0, 0.1) is 11.8 Å². The summed E-state index contributed by atoms with van der Waals surface area (Å²) in [6.45, 7) is 0. The molecule has 27 heavy (non-hydrogen) atoms. The van der Waals surface area contributed by atoms with Gasteiger partial charge >= 0.3 is 0 Å². The third-order valence-corrected chi connectivity index (χ3v) is 4.55. The maximum Gasteiger partial charge on any atom is 0.119 e. The summed E-state index contributed by atoms with van der Waals surface area (Å²) in [5, 5.41) is 12.5. The van der Waals surface area contributed by atoms with E-state index in [1.54, 1.807) is 12.4 Å². The highest BCUT2D eigenvalue weighted by Gasteiger charge is 2.06. The molecule has 4 aromatic rings. The Morgan fingerprint density at radius 2 is 1.59 bits per heavy atom. The monoisotopic (exact) mass is 349 g/mol. The van der Waals surface area contributed by atoms with Gasteiger partial charge < -0.3 is 5.11 Å². The van der Waals surface area contributed by atoms with E-state index in [1.165, 1.54) is 5.56 Å². The number of phenolic OH excluding ortho intramolecular Hbond substituents is 1. The van der Waals surface area contributed by atoms with Crippen LogP contribution in [0.4, 0.5) is 0 Å². The van der Waals surface area contributed by atoms with Gasteiger partial charge in [0.25, 0.3) is 0 Å². The second-order valence-electron chi connectivity index (χ2n) is 6.54. The van der Waals surface area contributed by atoms with E-state index >= 15 is 0 Å². The molecule has 0 atom stereocenters. The highest BCUT2D eigenvalue weighted by atomic mass is 16.3. The van der Waals surface area contributed by atoms with Gasteiger partial charge in [0.1, 0.15) is 5.75 Å². The number of aromatic nitrogens is 1. The van der Waals surface area contributed by atoms with Crippen LogP contribution in [-0.4, -0.2) is 10.1 Å². The van der Waals surface area contributed by atoms with E-state index < -0.39 is 0 Å². The lowest BCUT2D eigenvalue weighted by Gasteiger charge is -2.08. The SMILES string of the molecule is Oc1cc2ccc(C#CCc3ccncc3)cc2cc1Cc1ccccc1. The third kappa shape index (κ3) is 4.16. The summed E-state index contributed by atoms with van der Waals surface area (Å²) in [6.07, 6.45) is 4.98. The van der Waals surface area contributed by atoms with Gasteiger partial charge in [0.05, 0.1) is 0 Å². The minimum absolute atomic E-state index is 0.336. The number of aromatic hydroxyl groups is 1. The fourth-order valence-corrected chi connectivity index (χ4v) is 3.12. The Morgan fingerprint density at radius 1 is 0.778 bits per heavy atom. The first-order chi connectivity index (χ1) is 13.3. The van der Waals surface area contributed by atoms with Crippen molar-refractivity contribution in [3.63, 3.8) is 0 Å². The standard InChI is InChI=1S/C25H19NO/c27-25-18-22-10-9-21(8-4-7-19-11-13-26-14-12-19)15-23(22)17-24(25)16-20-5-2-1-3-6-20/h1-3,5-6,9-15,17-18,27H,7,16H2. The number of nitrogens with zero attached hydrogens (tertiary/aromatic N) is 1. The molecule has 0 bridgehead atoms. The van der Waals surface area contributed by atoms with E-state index in [0.29, 0.717) is 18.6 Å². The van der Waals surface area contributed by atoms with E-state index in [-0.39, 0.29) is 0 Å². The molecule has 4 rings (SSSR count). The number of fused-ring (bicyclic) bond motifs is 1. The zero-order valence-corrected chi connectivity index (χ0v) is 14.9. The van der Waals surface area contributed by atoms with Gasteiger partial charge in [-0.3, -0.25) is 4.98 Å². The Bertz CT molecular complexity index is 1120. The van der Waals surface area contributed by atoms with Crippen molar-refractivity contribution in [2.24, 2.45) is 0 Å². The highest BCUT2D eigenvalue weighted by Crippen LogP contribution is 2.27. The molecule has 0 radical (unpaired) electrons. The summed E-state index contributed by atoms with van der Waals surface area (Å²) in [7, 11) is 0. The minimum Gasteiger partial charge on any atom is -0.508 e. The second kappa shape index (κ2) is 7.76. The van der Waals surface area contributed by atoms with Crippen LogP contribution in [-0.2, 0) is 12.8 Å². The molecule has 0 aliphatic carbocycles. The molecule has 130 valence electrons. The number of pyridine rings is 1. The number of hydrogen-bond acceptors (Lipinski definition) is 2. The highest BCUT2D eigenvalue weighted by molar-refractivity contribution is 5.86. The summed E-state index contributed by atoms with van der Waals surface area (Å²) in [4.78, 5) is 4.02. The average Bonchev–Trinajstić information content (AvgIpc) is 2.70. The van der Waals surface area contributed by atoms with Crippen molar-refractivity contribution in [1.82, 2.24) is 4.98 Å². The van der Waals surface area contributed by atoms with E-state index in [1.807, 2.05) is 48.5 Å². The van der Waals surface area contributed by atoms with Crippen molar-refractivity contribution in [2.75, 3.05) is 0 Å². The predicted octanol–water partition coefficient (Wildman–Crippen LogP) is 5.13. The van der Waals surface area contributed by atoms with Crippen LogP contribution < -0.4 is 0 Å². The maximum absolute atomic E-state index is 10.4. The molecule has 2 heteroatoms. The Kier molecular flexibility index (Phi) is 4.85. The molecule has 0 aliphatic rings. The van der Waals surface area contributed by atoms with E-state index in [9.17, 15) is 5.11 Å². The molecular weight excluding hydrogens is 330 g/mol. The van der Waals surface area contributed by atoms with Crippen molar-refractivity contribution in [1.29, 1.82) is 0 Å². The molecule has 0 aliphatic heterocycles. The summed E-state index contributed by atoms with van der Waals surface area (Å²) in [5.74, 6) is 6.79. The topological polar surface area (TPSA) is 33.1 Å². The molecule has 0 saturated heterocycles. The molecule has 0 spiro atoms. The molecule has 1 N–H and O–H groups in total. The maximum atomic E-state index is 10.4. The van der Waals surface area contributed by atoms with Gasteiger partial charge in [-0.1, -0.05) is 48.2 Å². The van der Waals surface area contributed by atoms with Crippen LogP contribution >= 0.6 is 0 Å². The van der Waals surface area contributed by atoms with E-state index in [2.05, 4.69) is 41.1 Å². The van der Waals surface area contributed by atoms with Gasteiger partial charge in [0.15, 0.2) is 0 Å². The molecule has 1 heterocycles. The summed E-state index contributed by atoms with van der Waals surface area (Å²) >= 11 is 0. The first-order valence-electron chi connectivity index (χ1n) is 8.95. The summed E-state index contributed by atoms with van der Waals surface area (Å²) in [6, 6.07) is 24.1. The largest absolute Gasteiger partial charge is 0.508 e. The lowest BCUT2D eigenvalue weighted by atomic mass is 9.99. The average molecular weight is 349 g/mol. The van der Waals surface area contributed by atoms with Gasteiger partial charge in [-0.15, -0.1) is 0 Å². The molecular formula is C25H19NO. The smallest absolute Gasteiger partial charge is 0.119 e. The predicted molar refractivity (Wildman–Crippen MR) is 110 cm³/mol. The van der Waals surface area contributed by atoms with Gasteiger partial charge in [-0.25, -0.2) is 0 Å². The molecule has 1 aromatic heterocycles. The first-order valence-corrected chi connectivity index (χ1v) is 8.95. The van der Waals surface area contributed by atoms with Gasteiger partial charge in [0, 0.05) is 30.8 Å². The number of hydrogen-bond donors (Lipinski definition) is 1. The van der Waals surface area contributed by atoms with Crippen LogP contribution in [0.2, 0.25) is 0 Å². The Hall–Kier alpha value is -3.57. The van der Waals surface area contributed by atoms with Crippen LogP contribution in [0.25, 0.3) is 10.8 Å². The molecule has 3 aromatic carbocycles. The van der Waals surface area contributed by atoms with Crippen molar-refractivity contribution < 1.29 is 5.11 Å². The van der Waals surface area contributed by atoms with E-state index in [0.717, 1.165) is 27.5 Å². The summed E-state index contributed by atoms with van der Waals surface area (Å²) in [5.41, 5.74) is 4.25. The molecule has 0 saturated carbocycles. The van der Waals surface area contributed by atoms with Gasteiger partial charge in [0.2, 0.25) is 0 Å². The minimum atomic E-state index is 0.336. The number of phenols is 1. The molecule has 0 unspecified atom stereocenters. The Labute approximate surface area is 159 Å². The zero-order valence-electron chi connectivity index (χ0n) is 14.9. The molecule has 2 nitrogen and oxygen atoms in total. The molecule has 0 fully saturated rings. The lowest BCUT2D eigenvalue weighted by molar-refractivity contribution is 0.470. The van der Waals surface area contributed by atoms with Gasteiger partial charge in [-0.05, 0) is 63.9 Å². The van der Waals surface area contributed by atoms with Crippen LogP contribution in [0.5, 0.6) is 5.75 Å². The van der Waals surface area contributed by atoms with Crippen molar-refractivity contribution in [2.45, 2.75) is 12.8 Å². The number of rotatable bonds is 3. The van der Waals surface area contributed by atoms with Crippen molar-refractivity contribution in [3.8, 4) is 17.6 Å². The zero-order chi connectivity index (χ0) is 18.5. The van der Waals surface area contributed by atoms with E-state index in [4.69, 9.17) is 0 Å². The van der Waals surface area contributed by atoms with Crippen LogP contribution in [0.1, 0.15) is 22.3 Å². The lowest BCUT2D eigenvalue weighted by Crippen LogP contribution is -1.89. The van der Waals surface area contributed by atoms with Crippen LogP contribution in [0.15, 0.2) is 85.2 Å². The van der Waals surface area contributed by atoms with Crippen molar-refractivity contribution >= 4 is 10.8 Å². The quantitative estimate of drug-likeness (QED) is 0.520. The Morgan fingerprint density at radius 3 is 2.41 bits per heavy atom. The number of benzene rings is 3. The second-order valence-corrected chi connectivity index (χ2v) is 6.54. The van der Waals surface area contributed by atoms with Crippen LogP contribution in [0.3, 0.4) is 0 Å². The Balaban J connectivity index is 1.60. The third-order valence-electron chi connectivity index (χ3n) is 4.55. The fourth-order valence-electron chi connectivity index (χ4n) is 3.12. The summed E-state index contributed by atoms with van der Waals surface area (Å²) < 4.78 is 0. The molecule has 0 amide bonds. The van der Waals surface area contributed by atoms with Gasteiger partial charge in [-0.2, -0.15) is 0 Å². The fraction of sp³-hybridized carbons (Fsp3) is 0.0800. The van der Waals surface area contributed by atoms with Crippen molar-refractivity contribution in [3.05, 3.63) is 107 Å². The normalized spacial score (nSPS) is 10.4. The first kappa shape index (κ1) is 16.9.